The van der Waals surface area contributed by atoms with Gasteiger partial charge in [0, 0.05) is 5.92 Å². The van der Waals surface area contributed by atoms with Gasteiger partial charge in [-0.25, -0.2) is 14.4 Å². The van der Waals surface area contributed by atoms with E-state index >= 15 is 0 Å². The van der Waals surface area contributed by atoms with E-state index < -0.39 is 53.5 Å². The molecule has 9 nitrogen and oxygen atoms in total. The summed E-state index contributed by atoms with van der Waals surface area (Å²) in [7, 11) is 0. The van der Waals surface area contributed by atoms with Gasteiger partial charge >= 0.3 is 18.2 Å². The second kappa shape index (κ2) is 13.1. The number of hydrogen-bond donors (Lipinski definition) is 1. The Bertz CT molecular complexity index is 834. The number of nitrogens with zero attached hydrogens (tertiary/aromatic N) is 1. The van der Waals surface area contributed by atoms with Crippen LogP contribution in [-0.2, 0) is 23.7 Å². The highest BCUT2D eigenvalue weighted by Crippen LogP contribution is 2.27. The summed E-state index contributed by atoms with van der Waals surface area (Å²) in [4.78, 5) is 39.7. The van der Waals surface area contributed by atoms with Crippen molar-refractivity contribution in [2.45, 2.75) is 98.2 Å². The van der Waals surface area contributed by atoms with Crippen molar-refractivity contribution in [2.24, 2.45) is 5.92 Å². The van der Waals surface area contributed by atoms with Crippen LogP contribution in [0.3, 0.4) is 0 Å². The van der Waals surface area contributed by atoms with Gasteiger partial charge in [-0.05, 0) is 79.9 Å². The third kappa shape index (κ3) is 9.78. The molecule has 4 atom stereocenters. The number of allylic oxidation sites excluding steroid dienone is 5. The molecule has 1 fully saturated rings. The summed E-state index contributed by atoms with van der Waals surface area (Å²) in [6, 6.07) is -1.47. The molecule has 9 heteroatoms. The molecular weight excluding hydrogens is 466 g/mol. The molecule has 0 aromatic heterocycles. The second-order valence-electron chi connectivity index (χ2n) is 10.8. The van der Waals surface area contributed by atoms with Crippen LogP contribution in [0.25, 0.3) is 0 Å². The van der Waals surface area contributed by atoms with Crippen molar-refractivity contribution in [1.82, 2.24) is 4.90 Å². The predicted octanol–water partition coefficient (Wildman–Crippen LogP) is 4.93. The fraction of sp³-hybridized carbons (Fsp3) is 0.667. The molecule has 0 saturated carbocycles. The Balaban J connectivity index is 3.28. The number of carbonyl (C=O) groups excluding carboxylic acids is 3. The van der Waals surface area contributed by atoms with E-state index in [4.69, 9.17) is 18.9 Å². The van der Waals surface area contributed by atoms with E-state index in [2.05, 4.69) is 6.58 Å². The number of hydrogen-bond acceptors (Lipinski definition) is 8. The number of cyclic esters (lactones) is 1. The Morgan fingerprint density at radius 1 is 1.08 bits per heavy atom. The standard InChI is InChI=1S/C27H43NO8/c1-11-13-17(3)19(12-2)14-20-15-33-16-21(23(30)34-18(4)22(20)29)28(24(31)35-26(5,6)7)25(32)36-27(8,9)10/h11-13,18,20-22,29H,3,14-16H2,1-2,4-10H3. The van der Waals surface area contributed by atoms with Crippen molar-refractivity contribution < 1.29 is 38.4 Å². The number of rotatable bonds is 5. The fourth-order valence-electron chi connectivity index (χ4n) is 3.55. The molecule has 0 bridgehead atoms. The van der Waals surface area contributed by atoms with Crippen LogP contribution < -0.4 is 0 Å². The van der Waals surface area contributed by atoms with Gasteiger partial charge in [-0.2, -0.15) is 4.90 Å². The van der Waals surface area contributed by atoms with Crippen molar-refractivity contribution in [3.63, 3.8) is 0 Å². The summed E-state index contributed by atoms with van der Waals surface area (Å²) >= 11 is 0. The van der Waals surface area contributed by atoms with Crippen LogP contribution in [0.5, 0.6) is 0 Å². The lowest BCUT2D eigenvalue weighted by atomic mass is 9.89. The number of ether oxygens (including phenoxy) is 4. The monoisotopic (exact) mass is 509 g/mol. The van der Waals surface area contributed by atoms with Gasteiger partial charge in [-0.3, -0.25) is 0 Å². The van der Waals surface area contributed by atoms with E-state index in [-0.39, 0.29) is 13.2 Å². The van der Waals surface area contributed by atoms with Crippen molar-refractivity contribution in [2.75, 3.05) is 13.2 Å². The highest BCUT2D eigenvalue weighted by Gasteiger charge is 2.43. The molecule has 1 rings (SSSR count). The lowest BCUT2D eigenvalue weighted by Crippen LogP contribution is -2.54. The third-order valence-electron chi connectivity index (χ3n) is 5.25. The molecule has 1 saturated heterocycles. The van der Waals surface area contributed by atoms with Crippen LogP contribution in [0.2, 0.25) is 0 Å². The summed E-state index contributed by atoms with van der Waals surface area (Å²) in [5, 5.41) is 11.0. The highest BCUT2D eigenvalue weighted by molar-refractivity contribution is 5.94. The van der Waals surface area contributed by atoms with Gasteiger partial charge in [-0.15, -0.1) is 0 Å². The first-order chi connectivity index (χ1) is 16.5. The number of carbonyl (C=O) groups is 3. The molecule has 204 valence electrons. The van der Waals surface area contributed by atoms with E-state index in [1.165, 1.54) is 0 Å². The second-order valence-corrected chi connectivity index (χ2v) is 10.8. The van der Waals surface area contributed by atoms with E-state index in [0.717, 1.165) is 11.1 Å². The lowest BCUT2D eigenvalue weighted by Gasteiger charge is -2.32. The number of imide groups is 1. The first kappa shape index (κ1) is 31.4. The molecule has 1 aliphatic heterocycles. The number of aliphatic hydroxyl groups is 1. The Morgan fingerprint density at radius 3 is 2.06 bits per heavy atom. The molecular formula is C27H43NO8. The SMILES string of the molecule is C=C(C=CC)C(=CC)CC1COCC(N(C(=O)OC(C)(C)C)C(=O)OC(C)(C)C)C(=O)OC(C)C1O. The normalized spacial score (nSPS) is 24.3. The average Bonchev–Trinajstić information content (AvgIpc) is 2.75. The quantitative estimate of drug-likeness (QED) is 0.315. The maximum atomic E-state index is 13.1. The van der Waals surface area contributed by atoms with E-state index in [1.54, 1.807) is 48.5 Å². The predicted molar refractivity (Wildman–Crippen MR) is 136 cm³/mol. The molecule has 1 aliphatic rings. The number of esters is 1. The molecule has 0 aromatic carbocycles. The van der Waals surface area contributed by atoms with Crippen LogP contribution in [0, 0.1) is 5.92 Å². The van der Waals surface area contributed by atoms with Gasteiger partial charge in [0.05, 0.1) is 19.3 Å². The molecule has 1 heterocycles. The lowest BCUT2D eigenvalue weighted by molar-refractivity contribution is -0.160. The molecule has 36 heavy (non-hydrogen) atoms. The van der Waals surface area contributed by atoms with Crippen LogP contribution in [0.15, 0.2) is 36.0 Å². The molecule has 4 unspecified atom stereocenters. The van der Waals surface area contributed by atoms with Gasteiger partial charge in [0.25, 0.3) is 0 Å². The number of amides is 2. The first-order valence-corrected chi connectivity index (χ1v) is 12.2. The smallest absolute Gasteiger partial charge is 0.420 e. The molecule has 0 aliphatic carbocycles. The molecule has 0 spiro atoms. The van der Waals surface area contributed by atoms with Crippen LogP contribution in [0.4, 0.5) is 9.59 Å². The first-order valence-electron chi connectivity index (χ1n) is 12.2. The van der Waals surface area contributed by atoms with Crippen molar-refractivity contribution >= 4 is 18.2 Å². The molecule has 0 aromatic rings. The summed E-state index contributed by atoms with van der Waals surface area (Å²) in [5.74, 6) is -1.35. The Kier molecular flexibility index (Phi) is 11.4. The van der Waals surface area contributed by atoms with Gasteiger partial charge in [-0.1, -0.05) is 24.8 Å². The van der Waals surface area contributed by atoms with E-state index in [9.17, 15) is 19.5 Å². The maximum absolute atomic E-state index is 13.1. The molecule has 2 amide bonds. The zero-order valence-electron chi connectivity index (χ0n) is 23.1. The molecule has 0 radical (unpaired) electrons. The van der Waals surface area contributed by atoms with Crippen molar-refractivity contribution in [3.8, 4) is 0 Å². The average molecular weight is 510 g/mol. The fourth-order valence-corrected chi connectivity index (χ4v) is 3.55. The Morgan fingerprint density at radius 2 is 1.61 bits per heavy atom. The van der Waals surface area contributed by atoms with Crippen molar-refractivity contribution in [1.29, 1.82) is 0 Å². The van der Waals surface area contributed by atoms with E-state index in [1.807, 2.05) is 32.1 Å². The topological polar surface area (TPSA) is 112 Å². The van der Waals surface area contributed by atoms with Gasteiger partial charge in [0.15, 0.2) is 6.04 Å². The zero-order valence-corrected chi connectivity index (χ0v) is 23.1. The minimum Gasteiger partial charge on any atom is -0.458 e. The van der Waals surface area contributed by atoms with Gasteiger partial charge in [0.2, 0.25) is 0 Å². The Hall–Kier alpha value is -2.65. The van der Waals surface area contributed by atoms with Gasteiger partial charge in [0.1, 0.15) is 17.3 Å². The van der Waals surface area contributed by atoms with Crippen LogP contribution in [-0.4, -0.2) is 70.8 Å². The van der Waals surface area contributed by atoms with Gasteiger partial charge < -0.3 is 24.1 Å². The number of aliphatic hydroxyl groups excluding tert-OH is 1. The maximum Gasteiger partial charge on any atom is 0.420 e. The summed E-state index contributed by atoms with van der Waals surface area (Å²) in [5.41, 5.74) is -0.157. The third-order valence-corrected chi connectivity index (χ3v) is 5.25. The van der Waals surface area contributed by atoms with Crippen molar-refractivity contribution in [3.05, 3.63) is 36.0 Å². The van der Waals surface area contributed by atoms with Crippen LogP contribution in [0.1, 0.15) is 68.7 Å². The van der Waals surface area contributed by atoms with E-state index in [0.29, 0.717) is 11.3 Å². The minimum absolute atomic E-state index is 0.0512. The summed E-state index contributed by atoms with van der Waals surface area (Å²) < 4.78 is 22.1. The molecule has 1 N–H and O–H groups in total. The minimum atomic E-state index is -1.47. The van der Waals surface area contributed by atoms with Crippen LogP contribution >= 0.6 is 0 Å². The summed E-state index contributed by atoms with van der Waals surface area (Å²) in [6.45, 7) is 18.9. The Labute approximate surface area is 215 Å². The zero-order chi connectivity index (χ0) is 27.8. The largest absolute Gasteiger partial charge is 0.458 e. The highest BCUT2D eigenvalue weighted by atomic mass is 16.6. The summed E-state index contributed by atoms with van der Waals surface area (Å²) in [6.07, 6.45) is 1.96.